The normalized spacial score (nSPS) is 11.8. The molecule has 0 N–H and O–H groups in total. The molecule has 0 fully saturated rings. The fourth-order valence-corrected chi connectivity index (χ4v) is 1.23. The van der Waals surface area contributed by atoms with Gasteiger partial charge in [-0.05, 0) is 12.1 Å². The molecule has 0 aromatic heterocycles. The number of halogens is 3. The lowest BCUT2D eigenvalue weighted by Crippen LogP contribution is -2.09. The van der Waals surface area contributed by atoms with E-state index in [0.717, 1.165) is 12.1 Å². The van der Waals surface area contributed by atoms with E-state index in [2.05, 4.69) is 4.99 Å². The van der Waals surface area contributed by atoms with Crippen LogP contribution in [0.1, 0.15) is 11.1 Å². The van der Waals surface area contributed by atoms with E-state index in [1.165, 1.54) is 18.5 Å². The number of rotatable bonds is 2. The lowest BCUT2D eigenvalue weighted by Gasteiger charge is -2.07. The number of alkyl halides is 3. The van der Waals surface area contributed by atoms with Gasteiger partial charge in [-0.25, -0.2) is 4.99 Å². The summed E-state index contributed by atoms with van der Waals surface area (Å²) in [5.41, 5.74) is -0.202. The number of benzene rings is 1. The second kappa shape index (κ2) is 5.27. The maximum Gasteiger partial charge on any atom is 0.416 e. The highest BCUT2D eigenvalue weighted by Gasteiger charge is 2.29. The molecule has 0 amide bonds. The van der Waals surface area contributed by atoms with Crippen molar-refractivity contribution in [3.05, 3.63) is 35.4 Å². The van der Waals surface area contributed by atoms with Crippen molar-refractivity contribution in [2.75, 3.05) is 14.1 Å². The zero-order valence-electron chi connectivity index (χ0n) is 9.32. The van der Waals surface area contributed by atoms with E-state index < -0.39 is 11.7 Å². The zero-order valence-corrected chi connectivity index (χ0v) is 10.1. The second-order valence-electron chi connectivity index (χ2n) is 3.59. The third-order valence-electron chi connectivity index (χ3n) is 1.87. The van der Waals surface area contributed by atoms with Crippen LogP contribution in [0.2, 0.25) is 0 Å². The molecule has 0 saturated carbocycles. The molecule has 92 valence electrons. The molecule has 0 spiro atoms. The minimum atomic E-state index is -4.33. The Kier molecular flexibility index (Phi) is 4.22. The molecule has 0 aliphatic carbocycles. The van der Waals surface area contributed by atoms with E-state index in [9.17, 15) is 13.2 Å². The fraction of sp³-hybridized carbons (Fsp3) is 0.273. The molecule has 0 atom stereocenters. The van der Waals surface area contributed by atoms with Crippen molar-refractivity contribution in [1.29, 1.82) is 0 Å². The molecule has 1 aromatic rings. The molecule has 0 bridgehead atoms. The third-order valence-corrected chi connectivity index (χ3v) is 2.21. The van der Waals surface area contributed by atoms with Crippen molar-refractivity contribution < 1.29 is 13.2 Å². The van der Waals surface area contributed by atoms with E-state index in [0.29, 0.717) is 5.56 Å². The summed E-state index contributed by atoms with van der Waals surface area (Å²) in [6.45, 7) is 0. The van der Waals surface area contributed by atoms with Crippen molar-refractivity contribution in [3.63, 3.8) is 0 Å². The van der Waals surface area contributed by atoms with Crippen LogP contribution in [0.15, 0.2) is 29.3 Å². The lowest BCUT2D eigenvalue weighted by atomic mass is 10.1. The number of aliphatic imine (C=N–C) groups is 1. The van der Waals surface area contributed by atoms with Gasteiger partial charge < -0.3 is 4.90 Å². The van der Waals surface area contributed by atoms with Crippen LogP contribution in [0.3, 0.4) is 0 Å². The maximum atomic E-state index is 12.3. The van der Waals surface area contributed by atoms with E-state index in [1.807, 2.05) is 0 Å². The van der Waals surface area contributed by atoms with Crippen LogP contribution in [0.5, 0.6) is 0 Å². The highest BCUT2D eigenvalue weighted by molar-refractivity contribution is 7.80. The summed E-state index contributed by atoms with van der Waals surface area (Å²) >= 11 is 4.97. The number of hydrogen-bond donors (Lipinski definition) is 0. The summed E-state index contributed by atoms with van der Waals surface area (Å²) in [4.78, 5) is 5.88. The summed E-state index contributed by atoms with van der Waals surface area (Å²) in [5, 5.41) is 0. The first kappa shape index (κ1) is 13.6. The Morgan fingerprint density at radius 2 is 1.76 bits per heavy atom. The van der Waals surface area contributed by atoms with Gasteiger partial charge in [0.25, 0.3) is 0 Å². The minimum absolute atomic E-state index is 0.257. The number of nitrogens with zero attached hydrogens (tertiary/aromatic N) is 2. The van der Waals surface area contributed by atoms with Gasteiger partial charge in [0, 0.05) is 19.7 Å². The van der Waals surface area contributed by atoms with Gasteiger partial charge in [-0.3, -0.25) is 0 Å². The van der Waals surface area contributed by atoms with E-state index in [4.69, 9.17) is 12.2 Å². The molecular formula is C11H11F3N2S. The molecule has 0 unspecified atom stereocenters. The Labute approximate surface area is 103 Å². The Hall–Kier alpha value is -1.43. The van der Waals surface area contributed by atoms with Crippen LogP contribution in [-0.2, 0) is 6.18 Å². The maximum absolute atomic E-state index is 12.3. The largest absolute Gasteiger partial charge is 0.416 e. The topological polar surface area (TPSA) is 15.6 Å². The van der Waals surface area contributed by atoms with E-state index in [-0.39, 0.29) is 4.99 Å². The first-order valence-corrected chi connectivity index (χ1v) is 5.14. The van der Waals surface area contributed by atoms with Crippen molar-refractivity contribution >= 4 is 23.5 Å². The van der Waals surface area contributed by atoms with Crippen LogP contribution in [-0.4, -0.2) is 30.3 Å². The average molecular weight is 260 g/mol. The predicted molar refractivity (Wildman–Crippen MR) is 65.3 cm³/mol. The van der Waals surface area contributed by atoms with Gasteiger partial charge in [0.2, 0.25) is 0 Å². The molecule has 0 aliphatic rings. The average Bonchev–Trinajstić information content (AvgIpc) is 2.25. The molecule has 0 radical (unpaired) electrons. The van der Waals surface area contributed by atoms with Gasteiger partial charge in [-0.2, -0.15) is 13.2 Å². The fourth-order valence-electron chi connectivity index (χ4n) is 1.04. The van der Waals surface area contributed by atoms with Crippen LogP contribution >= 0.6 is 12.2 Å². The van der Waals surface area contributed by atoms with Gasteiger partial charge in [0.1, 0.15) is 4.99 Å². The molecule has 1 aromatic carbocycles. The van der Waals surface area contributed by atoms with E-state index >= 15 is 0 Å². The van der Waals surface area contributed by atoms with Gasteiger partial charge in [0.05, 0.1) is 11.9 Å². The van der Waals surface area contributed by atoms with Crippen LogP contribution in [0.25, 0.3) is 0 Å². The first-order chi connectivity index (χ1) is 7.80. The van der Waals surface area contributed by atoms with Crippen LogP contribution < -0.4 is 0 Å². The quantitative estimate of drug-likeness (QED) is 0.461. The van der Waals surface area contributed by atoms with Gasteiger partial charge in [0.15, 0.2) is 0 Å². The van der Waals surface area contributed by atoms with Gasteiger partial charge in [-0.15, -0.1) is 0 Å². The standard InChI is InChI=1S/C11H11F3N2S/c1-16(2)7-15-10(17)8-3-5-9(6-4-8)11(12,13)14/h3-7H,1-2H3. The summed E-state index contributed by atoms with van der Waals surface area (Å²) in [5.74, 6) is 0. The smallest absolute Gasteiger partial charge is 0.369 e. The summed E-state index contributed by atoms with van der Waals surface area (Å²) in [7, 11) is 3.55. The molecule has 0 aliphatic heterocycles. The molecule has 17 heavy (non-hydrogen) atoms. The van der Waals surface area contributed by atoms with Crippen molar-refractivity contribution in [1.82, 2.24) is 4.90 Å². The molecular weight excluding hydrogens is 249 g/mol. The van der Waals surface area contributed by atoms with Crippen molar-refractivity contribution in [3.8, 4) is 0 Å². The van der Waals surface area contributed by atoms with Gasteiger partial charge in [-0.1, -0.05) is 24.4 Å². The Morgan fingerprint density at radius 1 is 1.24 bits per heavy atom. The highest BCUT2D eigenvalue weighted by atomic mass is 32.1. The Bertz CT molecular complexity index is 421. The Morgan fingerprint density at radius 3 is 2.18 bits per heavy atom. The highest BCUT2D eigenvalue weighted by Crippen LogP contribution is 2.29. The van der Waals surface area contributed by atoms with Crippen LogP contribution in [0, 0.1) is 0 Å². The SMILES string of the molecule is CN(C)C=NC(=S)c1ccc(C(F)(F)F)cc1. The summed E-state index contributed by atoms with van der Waals surface area (Å²) < 4.78 is 36.9. The zero-order chi connectivity index (χ0) is 13.1. The molecule has 0 heterocycles. The minimum Gasteiger partial charge on any atom is -0.369 e. The summed E-state index contributed by atoms with van der Waals surface area (Å²) in [6, 6.07) is 4.62. The molecule has 6 heteroatoms. The first-order valence-electron chi connectivity index (χ1n) is 4.73. The molecule has 0 saturated heterocycles. The third kappa shape index (κ3) is 4.14. The molecule has 2 nitrogen and oxygen atoms in total. The Balaban J connectivity index is 2.85. The summed E-state index contributed by atoms with van der Waals surface area (Å²) in [6.07, 6.45) is -2.83. The van der Waals surface area contributed by atoms with Crippen molar-refractivity contribution in [2.45, 2.75) is 6.18 Å². The van der Waals surface area contributed by atoms with Crippen molar-refractivity contribution in [2.24, 2.45) is 4.99 Å². The second-order valence-corrected chi connectivity index (χ2v) is 3.98. The predicted octanol–water partition coefficient (Wildman–Crippen LogP) is 2.97. The number of thiocarbonyl (C=S) groups is 1. The number of hydrogen-bond acceptors (Lipinski definition) is 1. The van der Waals surface area contributed by atoms with E-state index in [1.54, 1.807) is 19.0 Å². The molecule has 1 rings (SSSR count). The lowest BCUT2D eigenvalue weighted by molar-refractivity contribution is -0.137. The monoisotopic (exact) mass is 260 g/mol. The van der Waals surface area contributed by atoms with Gasteiger partial charge >= 0.3 is 6.18 Å². The van der Waals surface area contributed by atoms with Crippen LogP contribution in [0.4, 0.5) is 13.2 Å².